The molecule has 0 aromatic carbocycles. The van der Waals surface area contributed by atoms with Crippen LogP contribution in [0.25, 0.3) is 0 Å². The molecule has 0 aliphatic heterocycles. The fraction of sp³-hybridized carbons (Fsp3) is 0.500. The van der Waals surface area contributed by atoms with Gasteiger partial charge in [-0.15, -0.1) is 11.6 Å². The van der Waals surface area contributed by atoms with E-state index in [0.717, 1.165) is 24.5 Å². The van der Waals surface area contributed by atoms with E-state index < -0.39 is 0 Å². The molecule has 0 aliphatic rings. The van der Waals surface area contributed by atoms with Gasteiger partial charge in [0.25, 0.3) is 0 Å². The van der Waals surface area contributed by atoms with E-state index in [1.165, 1.54) is 0 Å². The Morgan fingerprint density at radius 1 is 1.38 bits per heavy atom. The summed E-state index contributed by atoms with van der Waals surface area (Å²) in [5.74, 6) is 1.38. The molecule has 0 saturated heterocycles. The van der Waals surface area contributed by atoms with Gasteiger partial charge in [-0.2, -0.15) is 5.10 Å². The van der Waals surface area contributed by atoms with Gasteiger partial charge in [0.2, 0.25) is 0 Å². The first-order chi connectivity index (χ1) is 7.83. The van der Waals surface area contributed by atoms with E-state index in [4.69, 9.17) is 11.6 Å². The van der Waals surface area contributed by atoms with Gasteiger partial charge in [-0.3, -0.25) is 0 Å². The second kappa shape index (κ2) is 5.12. The van der Waals surface area contributed by atoms with Crippen LogP contribution in [0.3, 0.4) is 0 Å². The monoisotopic (exact) mass is 239 g/mol. The Kier molecular flexibility index (Phi) is 3.56. The third kappa shape index (κ3) is 2.41. The predicted octanol–water partition coefficient (Wildman–Crippen LogP) is 1.67. The third-order valence-corrected chi connectivity index (χ3v) is 2.55. The number of aromatic nitrogens is 5. The van der Waals surface area contributed by atoms with E-state index in [-0.39, 0.29) is 0 Å². The minimum Gasteiger partial charge on any atom is -0.330 e. The quantitative estimate of drug-likeness (QED) is 0.746. The van der Waals surface area contributed by atoms with E-state index in [9.17, 15) is 0 Å². The molecule has 2 rings (SSSR count). The van der Waals surface area contributed by atoms with Gasteiger partial charge in [0.05, 0.1) is 24.4 Å². The molecule has 0 fully saturated rings. The van der Waals surface area contributed by atoms with Crippen LogP contribution in [0.1, 0.15) is 24.9 Å². The summed E-state index contributed by atoms with van der Waals surface area (Å²) in [6.07, 6.45) is 6.33. The molecule has 6 heteroatoms. The Morgan fingerprint density at radius 3 is 2.94 bits per heavy atom. The van der Waals surface area contributed by atoms with Crippen LogP contribution >= 0.6 is 11.6 Å². The molecule has 0 spiro atoms. The maximum atomic E-state index is 5.69. The number of rotatable bonds is 5. The Labute approximate surface area is 99.1 Å². The van der Waals surface area contributed by atoms with Crippen molar-refractivity contribution in [2.45, 2.75) is 32.3 Å². The molecule has 2 aromatic heterocycles. The SMILES string of the molecule is CCCn1ncnc1Cn1cnc(CCl)c1. The van der Waals surface area contributed by atoms with Gasteiger partial charge in [-0.25, -0.2) is 14.6 Å². The van der Waals surface area contributed by atoms with E-state index in [1.807, 2.05) is 15.4 Å². The summed E-state index contributed by atoms with van der Waals surface area (Å²) in [6.45, 7) is 3.70. The van der Waals surface area contributed by atoms with Crippen molar-refractivity contribution in [3.8, 4) is 0 Å². The fourth-order valence-electron chi connectivity index (χ4n) is 1.53. The lowest BCUT2D eigenvalue weighted by molar-refractivity contribution is 0.554. The molecule has 5 nitrogen and oxygen atoms in total. The van der Waals surface area contributed by atoms with E-state index in [2.05, 4.69) is 22.0 Å². The van der Waals surface area contributed by atoms with Crippen LogP contribution in [0.5, 0.6) is 0 Å². The van der Waals surface area contributed by atoms with E-state index in [0.29, 0.717) is 12.4 Å². The van der Waals surface area contributed by atoms with Crippen LogP contribution in [0.15, 0.2) is 18.9 Å². The minimum absolute atomic E-state index is 0.439. The van der Waals surface area contributed by atoms with Crippen molar-refractivity contribution in [3.05, 3.63) is 30.4 Å². The molecule has 0 unspecified atom stereocenters. The number of aryl methyl sites for hydroxylation is 1. The fourth-order valence-corrected chi connectivity index (χ4v) is 1.67. The number of nitrogens with zero attached hydrogens (tertiary/aromatic N) is 5. The largest absolute Gasteiger partial charge is 0.330 e. The summed E-state index contributed by atoms with van der Waals surface area (Å²) >= 11 is 5.69. The molecule has 0 saturated carbocycles. The predicted molar refractivity (Wildman–Crippen MR) is 61.2 cm³/mol. The Morgan fingerprint density at radius 2 is 2.25 bits per heavy atom. The summed E-state index contributed by atoms with van der Waals surface area (Å²) in [5.41, 5.74) is 0.878. The van der Waals surface area contributed by atoms with Crippen molar-refractivity contribution in [3.63, 3.8) is 0 Å². The third-order valence-electron chi connectivity index (χ3n) is 2.28. The van der Waals surface area contributed by atoms with Gasteiger partial charge in [0.1, 0.15) is 12.2 Å². The first-order valence-corrected chi connectivity index (χ1v) is 5.80. The molecule has 2 heterocycles. The van der Waals surface area contributed by atoms with Crippen molar-refractivity contribution in [1.29, 1.82) is 0 Å². The molecular formula is C10H14ClN5. The summed E-state index contributed by atoms with van der Waals surface area (Å²) < 4.78 is 3.88. The first-order valence-electron chi connectivity index (χ1n) is 5.26. The summed E-state index contributed by atoms with van der Waals surface area (Å²) in [6, 6.07) is 0. The zero-order valence-corrected chi connectivity index (χ0v) is 9.93. The maximum Gasteiger partial charge on any atom is 0.146 e. The van der Waals surface area contributed by atoms with Gasteiger partial charge in [-0.05, 0) is 6.42 Å². The van der Waals surface area contributed by atoms with Gasteiger partial charge >= 0.3 is 0 Å². The van der Waals surface area contributed by atoms with Crippen LogP contribution in [0, 0.1) is 0 Å². The van der Waals surface area contributed by atoms with Gasteiger partial charge in [0.15, 0.2) is 0 Å². The van der Waals surface area contributed by atoms with Crippen LogP contribution in [0.4, 0.5) is 0 Å². The number of hydrogen-bond donors (Lipinski definition) is 0. The van der Waals surface area contributed by atoms with Gasteiger partial charge in [0, 0.05) is 12.7 Å². The highest BCUT2D eigenvalue weighted by Crippen LogP contribution is 2.04. The number of alkyl halides is 1. The zero-order valence-electron chi connectivity index (χ0n) is 9.17. The van der Waals surface area contributed by atoms with Crippen molar-refractivity contribution < 1.29 is 0 Å². The average molecular weight is 240 g/mol. The highest BCUT2D eigenvalue weighted by atomic mass is 35.5. The summed E-state index contributed by atoms with van der Waals surface area (Å²) in [4.78, 5) is 8.40. The smallest absolute Gasteiger partial charge is 0.146 e. The molecule has 0 atom stereocenters. The number of hydrogen-bond acceptors (Lipinski definition) is 3. The molecule has 0 bridgehead atoms. The summed E-state index contributed by atoms with van der Waals surface area (Å²) in [5, 5.41) is 4.17. The highest BCUT2D eigenvalue weighted by Gasteiger charge is 2.05. The summed E-state index contributed by atoms with van der Waals surface area (Å²) in [7, 11) is 0. The van der Waals surface area contributed by atoms with Crippen molar-refractivity contribution in [2.24, 2.45) is 0 Å². The normalized spacial score (nSPS) is 10.9. The lowest BCUT2D eigenvalue weighted by Gasteiger charge is -2.04. The molecule has 0 amide bonds. The van der Waals surface area contributed by atoms with E-state index >= 15 is 0 Å². The van der Waals surface area contributed by atoms with Crippen LogP contribution in [0.2, 0.25) is 0 Å². The van der Waals surface area contributed by atoms with E-state index in [1.54, 1.807) is 12.7 Å². The molecular weight excluding hydrogens is 226 g/mol. The van der Waals surface area contributed by atoms with Crippen molar-refractivity contribution in [2.75, 3.05) is 0 Å². The second-order valence-electron chi connectivity index (χ2n) is 3.57. The lowest BCUT2D eigenvalue weighted by atomic mass is 10.4. The average Bonchev–Trinajstić information content (AvgIpc) is 2.90. The first kappa shape index (κ1) is 11.1. The standard InChI is InChI=1S/C10H14ClN5/c1-2-3-16-10(12-7-14-16)6-15-5-9(4-11)13-8-15/h5,7-8H,2-4,6H2,1H3. The Hall–Kier alpha value is -1.36. The molecule has 86 valence electrons. The molecule has 16 heavy (non-hydrogen) atoms. The van der Waals surface area contributed by atoms with Crippen molar-refractivity contribution >= 4 is 11.6 Å². The van der Waals surface area contributed by atoms with Crippen LogP contribution in [-0.2, 0) is 19.0 Å². The molecule has 2 aromatic rings. The molecule has 0 aliphatic carbocycles. The Bertz CT molecular complexity index is 448. The number of halogens is 1. The zero-order chi connectivity index (χ0) is 11.4. The van der Waals surface area contributed by atoms with Gasteiger partial charge in [-0.1, -0.05) is 6.92 Å². The topological polar surface area (TPSA) is 48.5 Å². The molecule has 0 radical (unpaired) electrons. The number of imidazole rings is 1. The molecule has 0 N–H and O–H groups in total. The van der Waals surface area contributed by atoms with Crippen molar-refractivity contribution in [1.82, 2.24) is 24.3 Å². The van der Waals surface area contributed by atoms with Crippen LogP contribution < -0.4 is 0 Å². The Balaban J connectivity index is 2.10. The highest BCUT2D eigenvalue weighted by molar-refractivity contribution is 6.16. The lowest BCUT2D eigenvalue weighted by Crippen LogP contribution is -2.09. The van der Waals surface area contributed by atoms with Crippen LogP contribution in [-0.4, -0.2) is 24.3 Å². The maximum absolute atomic E-state index is 5.69. The van der Waals surface area contributed by atoms with Gasteiger partial charge < -0.3 is 4.57 Å². The second-order valence-corrected chi connectivity index (χ2v) is 3.84. The minimum atomic E-state index is 0.439.